The van der Waals surface area contributed by atoms with Crippen molar-refractivity contribution in [3.63, 3.8) is 0 Å². The summed E-state index contributed by atoms with van der Waals surface area (Å²) in [5, 5.41) is 1.60. The lowest BCUT2D eigenvalue weighted by Crippen LogP contribution is -2.43. The van der Waals surface area contributed by atoms with Crippen LogP contribution in [-0.4, -0.2) is 41.6 Å². The van der Waals surface area contributed by atoms with Crippen LogP contribution in [0.3, 0.4) is 0 Å². The summed E-state index contributed by atoms with van der Waals surface area (Å²) in [6, 6.07) is 0. The van der Waals surface area contributed by atoms with Crippen LogP contribution in [0.2, 0.25) is 0 Å². The Bertz CT molecular complexity index is 241. The Labute approximate surface area is 117 Å². The number of thioether (sulfide) groups is 1. The normalized spacial score (nSPS) is 33.5. The largest absolute Gasteiger partial charge is 0.330 e. The van der Waals surface area contributed by atoms with Crippen LogP contribution in [-0.2, 0) is 0 Å². The number of hydrogen-bond acceptors (Lipinski definition) is 3. The molecule has 0 amide bonds. The van der Waals surface area contributed by atoms with Crippen LogP contribution in [0.1, 0.15) is 52.4 Å². The number of nitrogens with two attached hydrogens (primary N) is 1. The van der Waals surface area contributed by atoms with Gasteiger partial charge in [-0.1, -0.05) is 33.1 Å². The van der Waals surface area contributed by atoms with Crippen molar-refractivity contribution in [1.82, 2.24) is 4.90 Å². The minimum absolute atomic E-state index is 0.481. The first-order chi connectivity index (χ1) is 8.63. The molecule has 2 N–H and O–H groups in total. The maximum Gasteiger partial charge on any atom is 0.0149 e. The standard InChI is InChI=1S/C15H30N2S/c1-13-10-17(11-14(2)18-13)9-8-15(12-16)6-4-3-5-7-15/h13-14H,3-12,16H2,1-2H3. The Morgan fingerprint density at radius 3 is 2.28 bits per heavy atom. The predicted octanol–water partition coefficient (Wildman–Crippen LogP) is 3.11. The lowest BCUT2D eigenvalue weighted by Gasteiger charge is -2.40. The molecule has 18 heavy (non-hydrogen) atoms. The van der Waals surface area contributed by atoms with E-state index in [0.717, 1.165) is 17.0 Å². The van der Waals surface area contributed by atoms with Gasteiger partial charge < -0.3 is 10.6 Å². The molecule has 2 fully saturated rings. The van der Waals surface area contributed by atoms with Crippen molar-refractivity contribution in [2.45, 2.75) is 62.9 Å². The zero-order valence-electron chi connectivity index (χ0n) is 12.2. The van der Waals surface area contributed by atoms with E-state index in [0.29, 0.717) is 5.41 Å². The second kappa shape index (κ2) is 6.62. The van der Waals surface area contributed by atoms with E-state index in [4.69, 9.17) is 5.73 Å². The molecule has 2 aliphatic rings. The lowest BCUT2D eigenvalue weighted by atomic mass is 9.72. The van der Waals surface area contributed by atoms with Gasteiger partial charge in [-0.15, -0.1) is 0 Å². The average molecular weight is 270 g/mol. The highest BCUT2D eigenvalue weighted by atomic mass is 32.2. The van der Waals surface area contributed by atoms with Crippen molar-refractivity contribution in [1.29, 1.82) is 0 Å². The number of nitrogens with zero attached hydrogens (tertiary/aromatic N) is 1. The number of rotatable bonds is 4. The van der Waals surface area contributed by atoms with Gasteiger partial charge in [-0.3, -0.25) is 0 Å². The van der Waals surface area contributed by atoms with Gasteiger partial charge in [0.15, 0.2) is 0 Å². The van der Waals surface area contributed by atoms with E-state index < -0.39 is 0 Å². The molecule has 1 aliphatic carbocycles. The summed E-state index contributed by atoms with van der Waals surface area (Å²) in [4.78, 5) is 2.68. The zero-order chi connectivity index (χ0) is 13.0. The molecule has 3 heteroatoms. The lowest BCUT2D eigenvalue weighted by molar-refractivity contribution is 0.145. The van der Waals surface area contributed by atoms with Crippen LogP contribution >= 0.6 is 11.8 Å². The fourth-order valence-electron chi connectivity index (χ4n) is 3.72. The Balaban J connectivity index is 1.82. The average Bonchev–Trinajstić information content (AvgIpc) is 2.36. The molecule has 0 spiro atoms. The fourth-order valence-corrected chi connectivity index (χ4v) is 5.11. The smallest absolute Gasteiger partial charge is 0.0149 e. The predicted molar refractivity (Wildman–Crippen MR) is 82.1 cm³/mol. The van der Waals surface area contributed by atoms with Gasteiger partial charge in [-0.2, -0.15) is 11.8 Å². The third-order valence-electron chi connectivity index (χ3n) is 4.80. The molecule has 1 saturated heterocycles. The van der Waals surface area contributed by atoms with Crippen molar-refractivity contribution in [3.8, 4) is 0 Å². The van der Waals surface area contributed by atoms with Crippen LogP contribution in [0, 0.1) is 5.41 Å². The van der Waals surface area contributed by atoms with E-state index in [9.17, 15) is 0 Å². The molecule has 0 aromatic heterocycles. The summed E-state index contributed by atoms with van der Waals surface area (Å²) in [7, 11) is 0. The van der Waals surface area contributed by atoms with Crippen LogP contribution < -0.4 is 5.73 Å². The molecule has 0 bridgehead atoms. The summed E-state index contributed by atoms with van der Waals surface area (Å²) in [6.07, 6.45) is 8.30. The molecule has 106 valence electrons. The SMILES string of the molecule is CC1CN(CCC2(CN)CCCCC2)CC(C)S1. The quantitative estimate of drug-likeness (QED) is 0.851. The maximum atomic E-state index is 6.09. The summed E-state index contributed by atoms with van der Waals surface area (Å²) < 4.78 is 0. The Morgan fingerprint density at radius 1 is 1.11 bits per heavy atom. The van der Waals surface area contributed by atoms with E-state index in [2.05, 4.69) is 30.5 Å². The van der Waals surface area contributed by atoms with Crippen LogP contribution in [0.15, 0.2) is 0 Å². The Kier molecular flexibility index (Phi) is 5.40. The minimum atomic E-state index is 0.481. The monoisotopic (exact) mass is 270 g/mol. The van der Waals surface area contributed by atoms with Crippen molar-refractivity contribution < 1.29 is 0 Å². The molecule has 2 rings (SSSR count). The van der Waals surface area contributed by atoms with Crippen molar-refractivity contribution >= 4 is 11.8 Å². The topological polar surface area (TPSA) is 29.3 Å². The Hall–Kier alpha value is 0.270. The second-order valence-corrected chi connectivity index (χ2v) is 8.41. The molecule has 1 aliphatic heterocycles. The zero-order valence-corrected chi connectivity index (χ0v) is 13.0. The van der Waals surface area contributed by atoms with Crippen molar-refractivity contribution in [2.75, 3.05) is 26.2 Å². The van der Waals surface area contributed by atoms with Gasteiger partial charge in [-0.05, 0) is 37.8 Å². The van der Waals surface area contributed by atoms with Gasteiger partial charge in [0, 0.05) is 23.6 Å². The summed E-state index contributed by atoms with van der Waals surface area (Å²) in [6.45, 7) is 9.46. The van der Waals surface area contributed by atoms with E-state index in [-0.39, 0.29) is 0 Å². The van der Waals surface area contributed by atoms with E-state index in [1.807, 2.05) is 0 Å². The first kappa shape index (κ1) is 14.7. The third kappa shape index (κ3) is 3.88. The minimum Gasteiger partial charge on any atom is -0.330 e. The highest BCUT2D eigenvalue weighted by molar-refractivity contribution is 8.00. The van der Waals surface area contributed by atoms with Crippen molar-refractivity contribution in [2.24, 2.45) is 11.1 Å². The van der Waals surface area contributed by atoms with Gasteiger partial charge >= 0.3 is 0 Å². The Morgan fingerprint density at radius 2 is 1.72 bits per heavy atom. The highest BCUT2D eigenvalue weighted by Crippen LogP contribution is 2.38. The second-order valence-electron chi connectivity index (χ2n) is 6.53. The summed E-state index contributed by atoms with van der Waals surface area (Å²) >= 11 is 2.14. The van der Waals surface area contributed by atoms with Crippen LogP contribution in [0.25, 0.3) is 0 Å². The molecule has 1 heterocycles. The van der Waals surface area contributed by atoms with E-state index in [1.165, 1.54) is 58.2 Å². The molecule has 0 aromatic carbocycles. The first-order valence-electron chi connectivity index (χ1n) is 7.71. The van der Waals surface area contributed by atoms with Gasteiger partial charge in [-0.25, -0.2) is 0 Å². The van der Waals surface area contributed by atoms with E-state index in [1.54, 1.807) is 0 Å². The van der Waals surface area contributed by atoms with Gasteiger partial charge in [0.25, 0.3) is 0 Å². The molecule has 2 unspecified atom stereocenters. The molecular formula is C15H30N2S. The van der Waals surface area contributed by atoms with Gasteiger partial charge in [0.2, 0.25) is 0 Å². The van der Waals surface area contributed by atoms with E-state index >= 15 is 0 Å². The molecule has 2 atom stereocenters. The fraction of sp³-hybridized carbons (Fsp3) is 1.00. The highest BCUT2D eigenvalue weighted by Gasteiger charge is 2.31. The molecule has 0 aromatic rings. The molecule has 0 radical (unpaired) electrons. The maximum absolute atomic E-state index is 6.09. The van der Waals surface area contributed by atoms with Crippen LogP contribution in [0.5, 0.6) is 0 Å². The first-order valence-corrected chi connectivity index (χ1v) is 8.66. The third-order valence-corrected chi connectivity index (χ3v) is 6.03. The van der Waals surface area contributed by atoms with Crippen LogP contribution in [0.4, 0.5) is 0 Å². The molecule has 2 nitrogen and oxygen atoms in total. The summed E-state index contributed by atoms with van der Waals surface area (Å²) in [5.41, 5.74) is 6.57. The molecule has 1 saturated carbocycles. The number of hydrogen-bond donors (Lipinski definition) is 1. The van der Waals surface area contributed by atoms with Gasteiger partial charge in [0.05, 0.1) is 0 Å². The van der Waals surface area contributed by atoms with Gasteiger partial charge in [0.1, 0.15) is 0 Å². The van der Waals surface area contributed by atoms with Crippen molar-refractivity contribution in [3.05, 3.63) is 0 Å². The molecular weight excluding hydrogens is 240 g/mol. The summed E-state index contributed by atoms with van der Waals surface area (Å²) in [5.74, 6) is 0.